The number of hydrogen-bond donors (Lipinski definition) is 2. The largest absolute Gasteiger partial charge is 0.363 e. The van der Waals surface area contributed by atoms with Crippen LogP contribution in [0.5, 0.6) is 0 Å². The van der Waals surface area contributed by atoms with Crippen molar-refractivity contribution in [2.45, 2.75) is 32.9 Å². The predicted octanol–water partition coefficient (Wildman–Crippen LogP) is 1.70. The van der Waals surface area contributed by atoms with E-state index in [1.807, 2.05) is 19.9 Å². The van der Waals surface area contributed by atoms with Gasteiger partial charge in [-0.15, -0.1) is 0 Å². The van der Waals surface area contributed by atoms with Crippen molar-refractivity contribution < 1.29 is 9.18 Å². The molecule has 0 radical (unpaired) electrons. The molecule has 2 aromatic rings. The SMILES string of the molecule is Cc1nc(C(N)=O)nc(N2CC[C@@H](NCc3ccccc3F)C2)c1C. The second-order valence-corrected chi connectivity index (χ2v) is 6.35. The van der Waals surface area contributed by atoms with Gasteiger partial charge in [-0.3, -0.25) is 4.79 Å². The molecule has 0 unspecified atom stereocenters. The van der Waals surface area contributed by atoms with Gasteiger partial charge in [0.1, 0.15) is 11.6 Å². The number of amides is 1. The number of nitrogens with one attached hydrogen (secondary N) is 1. The molecule has 1 aromatic carbocycles. The van der Waals surface area contributed by atoms with Crippen LogP contribution in [0.1, 0.15) is 33.9 Å². The summed E-state index contributed by atoms with van der Waals surface area (Å²) >= 11 is 0. The fourth-order valence-corrected chi connectivity index (χ4v) is 3.05. The van der Waals surface area contributed by atoms with E-state index < -0.39 is 5.91 Å². The molecule has 1 aliphatic heterocycles. The summed E-state index contributed by atoms with van der Waals surface area (Å²) in [5.41, 5.74) is 7.68. The van der Waals surface area contributed by atoms with E-state index in [2.05, 4.69) is 20.2 Å². The number of anilines is 1. The van der Waals surface area contributed by atoms with E-state index in [-0.39, 0.29) is 17.7 Å². The molecule has 1 saturated heterocycles. The molecule has 7 heteroatoms. The highest BCUT2D eigenvalue weighted by Crippen LogP contribution is 2.24. The maximum atomic E-state index is 13.7. The third-order valence-electron chi connectivity index (χ3n) is 4.61. The lowest BCUT2D eigenvalue weighted by Gasteiger charge is -2.21. The van der Waals surface area contributed by atoms with Crippen molar-refractivity contribution >= 4 is 11.7 Å². The van der Waals surface area contributed by atoms with Gasteiger partial charge in [-0.25, -0.2) is 14.4 Å². The second-order valence-electron chi connectivity index (χ2n) is 6.35. The van der Waals surface area contributed by atoms with Gasteiger partial charge in [0, 0.05) is 42.5 Å². The van der Waals surface area contributed by atoms with Crippen LogP contribution in [-0.4, -0.2) is 35.0 Å². The van der Waals surface area contributed by atoms with Crippen LogP contribution in [0.4, 0.5) is 10.2 Å². The van der Waals surface area contributed by atoms with Gasteiger partial charge in [0.15, 0.2) is 0 Å². The highest BCUT2D eigenvalue weighted by atomic mass is 19.1. The molecular formula is C18H22FN5O. The number of nitrogens with zero attached hydrogens (tertiary/aromatic N) is 3. The molecule has 0 saturated carbocycles. The van der Waals surface area contributed by atoms with Crippen LogP contribution < -0.4 is 16.0 Å². The van der Waals surface area contributed by atoms with Crippen LogP contribution >= 0.6 is 0 Å². The predicted molar refractivity (Wildman–Crippen MR) is 93.9 cm³/mol. The minimum absolute atomic E-state index is 0.0425. The van der Waals surface area contributed by atoms with Crippen LogP contribution in [0.15, 0.2) is 24.3 Å². The first-order valence-electron chi connectivity index (χ1n) is 8.32. The number of nitrogens with two attached hydrogens (primary N) is 1. The zero-order valence-corrected chi connectivity index (χ0v) is 14.4. The van der Waals surface area contributed by atoms with Crippen molar-refractivity contribution in [2.75, 3.05) is 18.0 Å². The van der Waals surface area contributed by atoms with Gasteiger partial charge in [0.25, 0.3) is 5.91 Å². The summed E-state index contributed by atoms with van der Waals surface area (Å²) in [6, 6.07) is 7.00. The zero-order chi connectivity index (χ0) is 18.0. The molecule has 6 nitrogen and oxygen atoms in total. The van der Waals surface area contributed by atoms with Crippen LogP contribution in [0.25, 0.3) is 0 Å². The Morgan fingerprint density at radius 3 is 2.84 bits per heavy atom. The molecule has 1 aromatic heterocycles. The van der Waals surface area contributed by atoms with Gasteiger partial charge in [-0.2, -0.15) is 0 Å². The van der Waals surface area contributed by atoms with E-state index >= 15 is 0 Å². The average molecular weight is 343 g/mol. The Kier molecular flexibility index (Phi) is 4.94. The molecule has 0 aliphatic carbocycles. The molecule has 2 heterocycles. The Morgan fingerprint density at radius 2 is 2.12 bits per heavy atom. The van der Waals surface area contributed by atoms with Crippen LogP contribution in [0.2, 0.25) is 0 Å². The topological polar surface area (TPSA) is 84.1 Å². The van der Waals surface area contributed by atoms with E-state index in [1.54, 1.807) is 12.1 Å². The van der Waals surface area contributed by atoms with Crippen LogP contribution in [0, 0.1) is 19.7 Å². The van der Waals surface area contributed by atoms with E-state index in [1.165, 1.54) is 6.07 Å². The monoisotopic (exact) mass is 343 g/mol. The smallest absolute Gasteiger partial charge is 0.286 e. The number of carbonyl (C=O) groups excluding carboxylic acids is 1. The third kappa shape index (κ3) is 3.76. The summed E-state index contributed by atoms with van der Waals surface area (Å²) < 4.78 is 13.7. The molecule has 1 aliphatic rings. The number of carbonyl (C=O) groups is 1. The molecule has 3 rings (SSSR count). The van der Waals surface area contributed by atoms with Gasteiger partial charge in [0.05, 0.1) is 0 Å². The van der Waals surface area contributed by atoms with Crippen molar-refractivity contribution in [1.29, 1.82) is 0 Å². The summed E-state index contributed by atoms with van der Waals surface area (Å²) in [6.07, 6.45) is 0.919. The number of primary amides is 1. The maximum absolute atomic E-state index is 13.7. The summed E-state index contributed by atoms with van der Waals surface area (Å²) in [6.45, 7) is 5.82. The van der Waals surface area contributed by atoms with Crippen molar-refractivity contribution in [3.63, 3.8) is 0 Å². The Labute approximate surface area is 146 Å². The first-order chi connectivity index (χ1) is 12.0. The Hall–Kier alpha value is -2.54. The number of halogens is 1. The summed E-state index contributed by atoms with van der Waals surface area (Å²) in [5, 5.41) is 3.39. The molecule has 0 bridgehead atoms. The van der Waals surface area contributed by atoms with Crippen molar-refractivity contribution in [2.24, 2.45) is 5.73 Å². The van der Waals surface area contributed by atoms with Crippen molar-refractivity contribution in [3.05, 3.63) is 52.7 Å². The average Bonchev–Trinajstić information content (AvgIpc) is 3.05. The van der Waals surface area contributed by atoms with E-state index in [0.29, 0.717) is 12.1 Å². The summed E-state index contributed by atoms with van der Waals surface area (Å²) in [5.74, 6) is -0.0339. The number of rotatable bonds is 5. The number of aromatic nitrogens is 2. The lowest BCUT2D eigenvalue weighted by atomic mass is 10.2. The minimum Gasteiger partial charge on any atom is -0.363 e. The number of hydrogen-bond acceptors (Lipinski definition) is 5. The summed E-state index contributed by atoms with van der Waals surface area (Å²) in [4.78, 5) is 22.0. The van der Waals surface area contributed by atoms with Crippen LogP contribution in [0.3, 0.4) is 0 Å². The lowest BCUT2D eigenvalue weighted by Crippen LogP contribution is -2.33. The highest BCUT2D eigenvalue weighted by Gasteiger charge is 2.26. The van der Waals surface area contributed by atoms with Gasteiger partial charge in [-0.1, -0.05) is 18.2 Å². The molecule has 0 spiro atoms. The molecule has 1 amide bonds. The lowest BCUT2D eigenvalue weighted by molar-refractivity contribution is 0.0990. The minimum atomic E-state index is -0.627. The van der Waals surface area contributed by atoms with Gasteiger partial charge >= 0.3 is 0 Å². The molecule has 3 N–H and O–H groups in total. The normalized spacial score (nSPS) is 17.1. The molecule has 132 valence electrons. The third-order valence-corrected chi connectivity index (χ3v) is 4.61. The zero-order valence-electron chi connectivity index (χ0n) is 14.4. The second kappa shape index (κ2) is 7.14. The highest BCUT2D eigenvalue weighted by molar-refractivity contribution is 5.89. The first kappa shape index (κ1) is 17.3. The Morgan fingerprint density at radius 1 is 1.36 bits per heavy atom. The van der Waals surface area contributed by atoms with Gasteiger partial charge in [-0.05, 0) is 26.3 Å². The van der Waals surface area contributed by atoms with E-state index in [4.69, 9.17) is 5.73 Å². The Bertz CT molecular complexity index is 795. The van der Waals surface area contributed by atoms with Crippen molar-refractivity contribution in [1.82, 2.24) is 15.3 Å². The number of benzene rings is 1. The van der Waals surface area contributed by atoms with Crippen molar-refractivity contribution in [3.8, 4) is 0 Å². The maximum Gasteiger partial charge on any atom is 0.286 e. The Balaban J connectivity index is 1.69. The number of aryl methyl sites for hydroxylation is 1. The van der Waals surface area contributed by atoms with Crippen LogP contribution in [-0.2, 0) is 6.54 Å². The molecule has 25 heavy (non-hydrogen) atoms. The fraction of sp³-hybridized carbons (Fsp3) is 0.389. The molecular weight excluding hydrogens is 321 g/mol. The fourth-order valence-electron chi connectivity index (χ4n) is 3.05. The van der Waals surface area contributed by atoms with Gasteiger partial charge in [0.2, 0.25) is 5.82 Å². The summed E-state index contributed by atoms with van der Waals surface area (Å²) in [7, 11) is 0. The standard InChI is InChI=1S/C18H22FN5O/c1-11-12(2)22-17(16(20)25)23-18(11)24-8-7-14(10-24)21-9-13-5-3-4-6-15(13)19/h3-6,14,21H,7-10H2,1-2H3,(H2,20,25)/t14-/m1/s1. The van der Waals surface area contributed by atoms with Gasteiger partial charge < -0.3 is 16.0 Å². The molecule has 1 atom stereocenters. The van der Waals surface area contributed by atoms with E-state index in [9.17, 15) is 9.18 Å². The quantitative estimate of drug-likeness (QED) is 0.863. The molecule has 1 fully saturated rings. The van der Waals surface area contributed by atoms with E-state index in [0.717, 1.165) is 36.6 Å². The first-order valence-corrected chi connectivity index (χ1v) is 8.32.